The highest BCUT2D eigenvalue weighted by molar-refractivity contribution is 7.89. The summed E-state index contributed by atoms with van der Waals surface area (Å²) in [6, 6.07) is 18.1. The summed E-state index contributed by atoms with van der Waals surface area (Å²) in [4.78, 5) is 17.8. The molecule has 1 aliphatic rings. The number of carbonyl (C=O) groups excluding carboxylic acids is 1. The van der Waals surface area contributed by atoms with Crippen molar-refractivity contribution in [3.8, 4) is 0 Å². The van der Waals surface area contributed by atoms with Crippen molar-refractivity contribution < 1.29 is 22.3 Å². The Morgan fingerprint density at radius 2 is 1.83 bits per heavy atom. The molecule has 0 unspecified atom stereocenters. The molecule has 0 fully saturated rings. The number of carbonyl (C=O) groups is 1. The van der Waals surface area contributed by atoms with E-state index in [0.29, 0.717) is 42.2 Å². The lowest BCUT2D eigenvalue weighted by atomic mass is 10.0. The minimum atomic E-state index is -3.70. The Bertz CT molecular complexity index is 1610. The van der Waals surface area contributed by atoms with Crippen LogP contribution in [-0.4, -0.2) is 43.5 Å². The van der Waals surface area contributed by atoms with Crippen LogP contribution >= 0.6 is 11.3 Å². The summed E-state index contributed by atoms with van der Waals surface area (Å²) in [5.74, 6) is -0.876. The maximum absolute atomic E-state index is 13.7. The molecule has 0 saturated heterocycles. The maximum Gasteiger partial charge on any atom is 0.279 e. The lowest BCUT2D eigenvalue weighted by molar-refractivity contribution is 0.0997. The predicted octanol–water partition coefficient (Wildman–Crippen LogP) is 3.98. The van der Waals surface area contributed by atoms with Crippen molar-refractivity contribution in [2.75, 3.05) is 20.3 Å². The van der Waals surface area contributed by atoms with Crippen LogP contribution in [0.15, 0.2) is 76.6 Å². The monoisotopic (exact) mass is 525 g/mol. The molecule has 0 aliphatic carbocycles. The fourth-order valence-corrected chi connectivity index (χ4v) is 6.77. The standard InChI is InChI=1S/C26H24FN3O4S2/c1-34-15-14-30-23-11-8-21(27)16-24(23)35-26(30)28-25(31)19-6-9-22(10-7-19)36(32,33)29-13-12-18-4-2-3-5-20(18)17-29/h2-11,16H,12-15,17H2,1H3. The average molecular weight is 526 g/mol. The largest absolute Gasteiger partial charge is 0.383 e. The van der Waals surface area contributed by atoms with Crippen LogP contribution < -0.4 is 4.80 Å². The van der Waals surface area contributed by atoms with Crippen molar-refractivity contribution in [2.45, 2.75) is 24.4 Å². The number of nitrogens with zero attached hydrogens (tertiary/aromatic N) is 3. The van der Waals surface area contributed by atoms with E-state index in [1.807, 2.05) is 28.8 Å². The third kappa shape index (κ3) is 4.77. The summed E-state index contributed by atoms with van der Waals surface area (Å²) in [6.45, 7) is 1.58. The van der Waals surface area contributed by atoms with Gasteiger partial charge in [0.15, 0.2) is 4.80 Å². The van der Waals surface area contributed by atoms with Crippen molar-refractivity contribution in [3.05, 3.63) is 94.0 Å². The van der Waals surface area contributed by atoms with E-state index >= 15 is 0 Å². The quantitative estimate of drug-likeness (QED) is 0.382. The van der Waals surface area contributed by atoms with Crippen LogP contribution in [0, 0.1) is 5.82 Å². The Kier molecular flexibility index (Phi) is 6.85. The number of amides is 1. The second-order valence-electron chi connectivity index (χ2n) is 8.44. The van der Waals surface area contributed by atoms with Crippen LogP contribution in [0.3, 0.4) is 0 Å². The summed E-state index contributed by atoms with van der Waals surface area (Å²) in [7, 11) is -2.13. The molecule has 1 aliphatic heterocycles. The number of benzene rings is 3. The molecule has 5 rings (SSSR count). The molecule has 10 heteroatoms. The van der Waals surface area contributed by atoms with E-state index in [0.717, 1.165) is 11.1 Å². The Labute approximate surface area is 212 Å². The van der Waals surface area contributed by atoms with E-state index in [4.69, 9.17) is 4.74 Å². The highest BCUT2D eigenvalue weighted by Gasteiger charge is 2.28. The molecular formula is C26H24FN3O4S2. The van der Waals surface area contributed by atoms with Gasteiger partial charge in [-0.2, -0.15) is 9.30 Å². The zero-order valence-corrected chi connectivity index (χ0v) is 21.2. The van der Waals surface area contributed by atoms with Gasteiger partial charge in [0.25, 0.3) is 5.91 Å². The molecule has 1 amide bonds. The number of methoxy groups -OCH3 is 1. The first-order valence-corrected chi connectivity index (χ1v) is 13.7. The van der Waals surface area contributed by atoms with Crippen LogP contribution in [0.2, 0.25) is 0 Å². The summed E-state index contributed by atoms with van der Waals surface area (Å²) < 4.78 is 49.3. The van der Waals surface area contributed by atoms with Crippen molar-refractivity contribution in [3.63, 3.8) is 0 Å². The van der Waals surface area contributed by atoms with Gasteiger partial charge in [0.05, 0.1) is 21.7 Å². The van der Waals surface area contributed by atoms with Crippen LogP contribution in [0.5, 0.6) is 0 Å². The van der Waals surface area contributed by atoms with E-state index in [1.54, 1.807) is 13.2 Å². The van der Waals surface area contributed by atoms with Gasteiger partial charge in [-0.05, 0) is 60.0 Å². The van der Waals surface area contributed by atoms with Crippen LogP contribution in [0.1, 0.15) is 21.5 Å². The van der Waals surface area contributed by atoms with Crippen molar-refractivity contribution >= 4 is 37.5 Å². The Morgan fingerprint density at radius 1 is 1.08 bits per heavy atom. The number of ether oxygens (including phenoxy) is 1. The van der Waals surface area contributed by atoms with Gasteiger partial charge in [-0.15, -0.1) is 0 Å². The number of sulfonamides is 1. The molecule has 0 atom stereocenters. The molecule has 0 bridgehead atoms. The summed E-state index contributed by atoms with van der Waals surface area (Å²) in [5, 5.41) is 0. The maximum atomic E-state index is 13.7. The molecule has 3 aromatic carbocycles. The van der Waals surface area contributed by atoms with Gasteiger partial charge in [0.2, 0.25) is 10.0 Å². The van der Waals surface area contributed by atoms with Crippen LogP contribution in [0.4, 0.5) is 4.39 Å². The minimum Gasteiger partial charge on any atom is -0.383 e. The second-order valence-corrected chi connectivity index (χ2v) is 11.4. The first kappa shape index (κ1) is 24.5. The molecule has 0 saturated carbocycles. The van der Waals surface area contributed by atoms with Crippen molar-refractivity contribution in [1.29, 1.82) is 0 Å². The number of fused-ring (bicyclic) bond motifs is 2. The van der Waals surface area contributed by atoms with Gasteiger partial charge >= 0.3 is 0 Å². The van der Waals surface area contributed by atoms with Crippen LogP contribution in [-0.2, 0) is 34.3 Å². The number of thiazole rings is 1. The first-order valence-electron chi connectivity index (χ1n) is 11.4. The number of halogens is 1. The lowest BCUT2D eigenvalue weighted by Crippen LogP contribution is -2.35. The topological polar surface area (TPSA) is 81.0 Å². The van der Waals surface area contributed by atoms with Gasteiger partial charge in [0, 0.05) is 32.3 Å². The SMILES string of the molecule is COCCn1c(=NC(=O)c2ccc(S(=O)(=O)N3CCc4ccccc4C3)cc2)sc2cc(F)ccc21. The van der Waals surface area contributed by atoms with Gasteiger partial charge in [-0.25, -0.2) is 12.8 Å². The molecular weight excluding hydrogens is 501 g/mol. The van der Waals surface area contributed by atoms with E-state index in [-0.39, 0.29) is 16.3 Å². The third-order valence-corrected chi connectivity index (χ3v) is 9.10. The fraction of sp³-hybridized carbons (Fsp3) is 0.231. The number of rotatable bonds is 6. The number of aromatic nitrogens is 1. The predicted molar refractivity (Wildman–Crippen MR) is 136 cm³/mol. The summed E-state index contributed by atoms with van der Waals surface area (Å²) in [5.41, 5.74) is 3.19. The smallest absolute Gasteiger partial charge is 0.279 e. The Hall–Kier alpha value is -3.18. The molecule has 1 aromatic heterocycles. The lowest BCUT2D eigenvalue weighted by Gasteiger charge is -2.28. The average Bonchev–Trinajstić information content (AvgIpc) is 3.22. The Balaban J connectivity index is 1.41. The van der Waals surface area contributed by atoms with E-state index in [1.165, 1.54) is 57.6 Å². The number of hydrogen-bond donors (Lipinski definition) is 0. The normalized spacial score (nSPS) is 14.8. The molecule has 0 N–H and O–H groups in total. The van der Waals surface area contributed by atoms with Gasteiger partial charge in [-0.3, -0.25) is 4.79 Å². The number of hydrogen-bond acceptors (Lipinski definition) is 5. The fourth-order valence-electron chi connectivity index (χ4n) is 4.28. The van der Waals surface area contributed by atoms with Crippen molar-refractivity contribution in [2.24, 2.45) is 4.99 Å². The first-order chi connectivity index (χ1) is 17.4. The molecule has 0 radical (unpaired) electrons. The molecule has 36 heavy (non-hydrogen) atoms. The second kappa shape index (κ2) is 10.1. The Morgan fingerprint density at radius 3 is 2.58 bits per heavy atom. The van der Waals surface area contributed by atoms with Crippen molar-refractivity contribution in [1.82, 2.24) is 8.87 Å². The van der Waals surface area contributed by atoms with E-state index < -0.39 is 15.9 Å². The zero-order chi connectivity index (χ0) is 25.3. The van der Waals surface area contributed by atoms with Gasteiger partial charge in [-0.1, -0.05) is 35.6 Å². The molecule has 2 heterocycles. The van der Waals surface area contributed by atoms with Gasteiger partial charge in [0.1, 0.15) is 5.82 Å². The zero-order valence-electron chi connectivity index (χ0n) is 19.6. The molecule has 7 nitrogen and oxygen atoms in total. The van der Waals surface area contributed by atoms with Gasteiger partial charge < -0.3 is 9.30 Å². The third-order valence-electron chi connectivity index (χ3n) is 6.20. The van der Waals surface area contributed by atoms with Crippen LogP contribution in [0.25, 0.3) is 10.2 Å². The summed E-state index contributed by atoms with van der Waals surface area (Å²) >= 11 is 1.21. The highest BCUT2D eigenvalue weighted by Crippen LogP contribution is 2.25. The van der Waals surface area contributed by atoms with E-state index in [2.05, 4.69) is 4.99 Å². The molecule has 0 spiro atoms. The summed E-state index contributed by atoms with van der Waals surface area (Å²) in [6.07, 6.45) is 0.660. The minimum absolute atomic E-state index is 0.130. The molecule has 186 valence electrons. The highest BCUT2D eigenvalue weighted by atomic mass is 32.2. The molecule has 4 aromatic rings. The van der Waals surface area contributed by atoms with E-state index in [9.17, 15) is 17.6 Å².